The lowest BCUT2D eigenvalue weighted by Gasteiger charge is -2.24. The van der Waals surface area contributed by atoms with Gasteiger partial charge in [-0.3, -0.25) is 4.99 Å². The molecule has 4 fully saturated rings. The van der Waals surface area contributed by atoms with E-state index in [0.29, 0.717) is 12.2 Å². The van der Waals surface area contributed by atoms with Crippen LogP contribution in [0.4, 0.5) is 0 Å². The smallest absolute Gasteiger partial charge is 0.193 e. The molecule has 22 heavy (non-hydrogen) atoms. The predicted octanol–water partition coefficient (Wildman–Crippen LogP) is 1.38. The van der Waals surface area contributed by atoms with Gasteiger partial charge in [-0.15, -0.1) is 24.0 Å². The third-order valence-corrected chi connectivity index (χ3v) is 5.88. The zero-order valence-electron chi connectivity index (χ0n) is 13.7. The second-order valence-electron chi connectivity index (χ2n) is 7.21. The minimum absolute atomic E-state index is 0. The highest BCUT2D eigenvalue weighted by molar-refractivity contribution is 14.0. The van der Waals surface area contributed by atoms with E-state index in [2.05, 4.69) is 27.2 Å². The minimum atomic E-state index is 0. The van der Waals surface area contributed by atoms with E-state index in [1.165, 1.54) is 25.7 Å². The van der Waals surface area contributed by atoms with Crippen molar-refractivity contribution in [2.45, 2.75) is 43.9 Å². The number of nitrogens with zero attached hydrogens (tertiary/aromatic N) is 3. The molecule has 4 unspecified atom stereocenters. The Labute approximate surface area is 150 Å². The number of nitrogens with one attached hydrogen (secondary N) is 1. The molecule has 0 spiro atoms. The van der Waals surface area contributed by atoms with Crippen molar-refractivity contribution in [3.8, 4) is 0 Å². The van der Waals surface area contributed by atoms with E-state index in [-0.39, 0.29) is 24.0 Å². The van der Waals surface area contributed by atoms with Crippen LogP contribution in [0.25, 0.3) is 0 Å². The Hall–Kier alpha value is -0.0800. The third-order valence-electron chi connectivity index (χ3n) is 5.88. The van der Waals surface area contributed by atoms with Gasteiger partial charge in [0, 0.05) is 51.1 Å². The van der Waals surface area contributed by atoms with Crippen molar-refractivity contribution in [1.29, 1.82) is 0 Å². The maximum absolute atomic E-state index is 6.05. The van der Waals surface area contributed by atoms with E-state index >= 15 is 0 Å². The summed E-state index contributed by atoms with van der Waals surface area (Å²) in [5.41, 5.74) is 0. The molecule has 4 aliphatic rings. The van der Waals surface area contributed by atoms with Gasteiger partial charge in [0.15, 0.2) is 5.96 Å². The van der Waals surface area contributed by atoms with E-state index in [1.54, 1.807) is 0 Å². The normalized spacial score (nSPS) is 36.7. The largest absolute Gasteiger partial charge is 0.374 e. The zero-order chi connectivity index (χ0) is 14.4. The maximum Gasteiger partial charge on any atom is 0.193 e. The van der Waals surface area contributed by atoms with Crippen LogP contribution in [-0.2, 0) is 4.74 Å². The third kappa shape index (κ3) is 3.11. The first-order valence-electron chi connectivity index (χ1n) is 8.57. The molecule has 3 saturated heterocycles. The highest BCUT2D eigenvalue weighted by Gasteiger charge is 2.53. The number of hydrogen-bond acceptors (Lipinski definition) is 3. The first-order valence-corrected chi connectivity index (χ1v) is 8.57. The van der Waals surface area contributed by atoms with Crippen LogP contribution in [0.2, 0.25) is 0 Å². The Balaban J connectivity index is 0.00000144. The fraction of sp³-hybridized carbons (Fsp3) is 0.938. The zero-order valence-corrected chi connectivity index (χ0v) is 16.0. The van der Waals surface area contributed by atoms with Crippen molar-refractivity contribution >= 4 is 29.9 Å². The summed E-state index contributed by atoms with van der Waals surface area (Å²) in [5.74, 6) is 2.58. The van der Waals surface area contributed by atoms with Crippen LogP contribution in [0.5, 0.6) is 0 Å². The number of aliphatic imine (C=N–C) groups is 1. The molecular formula is C16H29IN4O. The molecule has 1 N–H and O–H groups in total. The highest BCUT2D eigenvalue weighted by Crippen LogP contribution is 2.47. The van der Waals surface area contributed by atoms with Crippen molar-refractivity contribution in [2.75, 3.05) is 40.3 Å². The summed E-state index contributed by atoms with van der Waals surface area (Å²) >= 11 is 0. The molecule has 4 rings (SSSR count). The van der Waals surface area contributed by atoms with E-state index in [9.17, 15) is 0 Å². The number of guanidine groups is 1. The monoisotopic (exact) mass is 420 g/mol. The molecule has 3 aliphatic heterocycles. The van der Waals surface area contributed by atoms with Crippen LogP contribution in [0, 0.1) is 11.8 Å². The molecular weight excluding hydrogens is 391 g/mol. The Kier molecular flexibility index (Phi) is 5.19. The van der Waals surface area contributed by atoms with Crippen LogP contribution in [-0.4, -0.2) is 74.3 Å². The van der Waals surface area contributed by atoms with Crippen molar-refractivity contribution in [2.24, 2.45) is 16.8 Å². The number of ether oxygens (including phenoxy) is 1. The van der Waals surface area contributed by atoms with Gasteiger partial charge in [0.25, 0.3) is 0 Å². The topological polar surface area (TPSA) is 40.1 Å². The SMILES string of the molecule is CN=C(NCCN(C)C1CC1)N1CC2C3CCC(O3)C2C1.I. The van der Waals surface area contributed by atoms with Gasteiger partial charge in [0.1, 0.15) is 0 Å². The van der Waals surface area contributed by atoms with E-state index in [4.69, 9.17) is 4.74 Å². The van der Waals surface area contributed by atoms with Gasteiger partial charge in [-0.1, -0.05) is 0 Å². The van der Waals surface area contributed by atoms with Gasteiger partial charge < -0.3 is 19.9 Å². The lowest BCUT2D eigenvalue weighted by molar-refractivity contribution is 0.0767. The molecule has 1 saturated carbocycles. The lowest BCUT2D eigenvalue weighted by atomic mass is 9.82. The summed E-state index contributed by atoms with van der Waals surface area (Å²) in [7, 11) is 4.14. The molecule has 0 aromatic heterocycles. The predicted molar refractivity (Wildman–Crippen MR) is 98.9 cm³/mol. The summed E-state index contributed by atoms with van der Waals surface area (Å²) in [5, 5.41) is 3.56. The van der Waals surface area contributed by atoms with Crippen molar-refractivity contribution < 1.29 is 4.74 Å². The Morgan fingerprint density at radius 1 is 1.18 bits per heavy atom. The average Bonchev–Trinajstić information content (AvgIpc) is 2.95. The first kappa shape index (κ1) is 16.8. The Morgan fingerprint density at radius 2 is 1.82 bits per heavy atom. The summed E-state index contributed by atoms with van der Waals surface area (Å²) in [6.45, 7) is 4.36. The summed E-state index contributed by atoms with van der Waals surface area (Å²) < 4.78 is 6.05. The van der Waals surface area contributed by atoms with Gasteiger partial charge in [0.2, 0.25) is 0 Å². The second kappa shape index (κ2) is 6.81. The molecule has 126 valence electrons. The molecule has 6 heteroatoms. The van der Waals surface area contributed by atoms with E-state index < -0.39 is 0 Å². The highest BCUT2D eigenvalue weighted by atomic mass is 127. The van der Waals surface area contributed by atoms with Crippen molar-refractivity contribution in [1.82, 2.24) is 15.1 Å². The molecule has 5 nitrogen and oxygen atoms in total. The molecule has 3 heterocycles. The Bertz CT molecular complexity index is 410. The van der Waals surface area contributed by atoms with Crippen LogP contribution in [0.1, 0.15) is 25.7 Å². The van der Waals surface area contributed by atoms with E-state index in [0.717, 1.165) is 50.0 Å². The maximum atomic E-state index is 6.05. The molecule has 0 amide bonds. The van der Waals surface area contributed by atoms with Crippen molar-refractivity contribution in [3.05, 3.63) is 0 Å². The standard InChI is InChI=1S/C16H28N4O.HI/c1-17-16(18-7-8-19(2)11-3-4-11)20-9-12-13(10-20)15-6-5-14(12)21-15;/h11-15H,3-10H2,1-2H3,(H,17,18);1H. The lowest BCUT2D eigenvalue weighted by Crippen LogP contribution is -2.44. The summed E-state index contributed by atoms with van der Waals surface area (Å²) in [6.07, 6.45) is 6.37. The summed E-state index contributed by atoms with van der Waals surface area (Å²) in [4.78, 5) is 9.42. The number of likely N-dealkylation sites (tertiary alicyclic amines) is 1. The average molecular weight is 420 g/mol. The van der Waals surface area contributed by atoms with Crippen LogP contribution in [0.3, 0.4) is 0 Å². The Morgan fingerprint density at radius 3 is 2.36 bits per heavy atom. The fourth-order valence-corrected chi connectivity index (χ4v) is 4.51. The molecule has 0 aromatic rings. The number of hydrogen-bond donors (Lipinski definition) is 1. The number of fused-ring (bicyclic) bond motifs is 5. The van der Waals surface area contributed by atoms with Gasteiger partial charge in [-0.2, -0.15) is 0 Å². The molecule has 0 radical (unpaired) electrons. The molecule has 0 aromatic carbocycles. The number of likely N-dealkylation sites (N-methyl/N-ethyl adjacent to an activating group) is 1. The van der Waals surface area contributed by atoms with E-state index in [1.807, 2.05) is 7.05 Å². The molecule has 2 bridgehead atoms. The number of rotatable bonds is 4. The first-order chi connectivity index (χ1) is 10.3. The minimum Gasteiger partial charge on any atom is -0.374 e. The van der Waals surface area contributed by atoms with Crippen LogP contribution in [0.15, 0.2) is 4.99 Å². The van der Waals surface area contributed by atoms with Gasteiger partial charge in [0.05, 0.1) is 12.2 Å². The molecule has 1 aliphatic carbocycles. The van der Waals surface area contributed by atoms with Gasteiger partial charge in [-0.05, 0) is 32.7 Å². The quantitative estimate of drug-likeness (QED) is 0.424. The van der Waals surface area contributed by atoms with Gasteiger partial charge >= 0.3 is 0 Å². The van der Waals surface area contributed by atoms with Crippen molar-refractivity contribution in [3.63, 3.8) is 0 Å². The second-order valence-corrected chi connectivity index (χ2v) is 7.21. The summed E-state index contributed by atoms with van der Waals surface area (Å²) in [6, 6.07) is 0.840. The van der Waals surface area contributed by atoms with Crippen LogP contribution < -0.4 is 5.32 Å². The number of halogens is 1. The van der Waals surface area contributed by atoms with Gasteiger partial charge in [-0.25, -0.2) is 0 Å². The molecule has 4 atom stereocenters. The van der Waals surface area contributed by atoms with Crippen LogP contribution >= 0.6 is 24.0 Å². The fourth-order valence-electron chi connectivity index (χ4n) is 4.51.